The molecule has 1 N–H and O–H groups in total. The molecule has 0 saturated heterocycles. The van der Waals surface area contributed by atoms with Gasteiger partial charge in [0.15, 0.2) is 11.5 Å². The van der Waals surface area contributed by atoms with E-state index in [-0.39, 0.29) is 12.7 Å². The summed E-state index contributed by atoms with van der Waals surface area (Å²) >= 11 is 0. The van der Waals surface area contributed by atoms with E-state index in [9.17, 15) is 4.79 Å². The van der Waals surface area contributed by atoms with Gasteiger partial charge in [0.05, 0.1) is 16.8 Å². The second-order valence-corrected chi connectivity index (χ2v) is 8.27. The second kappa shape index (κ2) is 6.87. The fourth-order valence-corrected chi connectivity index (χ4v) is 4.39. The molecular formula is C25H22N2O3. The largest absolute Gasteiger partial charge is 0.454 e. The normalized spacial score (nSPS) is 18.1. The van der Waals surface area contributed by atoms with Crippen LogP contribution in [-0.4, -0.2) is 24.2 Å². The number of hydrogen-bond acceptors (Lipinski definition) is 4. The number of pyridine rings is 1. The lowest BCUT2D eigenvalue weighted by Crippen LogP contribution is -2.27. The van der Waals surface area contributed by atoms with Crippen LogP contribution in [0.15, 0.2) is 42.5 Å². The van der Waals surface area contributed by atoms with E-state index < -0.39 is 0 Å². The van der Waals surface area contributed by atoms with Crippen LogP contribution >= 0.6 is 0 Å². The number of carbonyl (C=O) groups excluding carboxylic acids is 1. The van der Waals surface area contributed by atoms with Crippen molar-refractivity contribution in [1.82, 2.24) is 10.3 Å². The van der Waals surface area contributed by atoms with Crippen LogP contribution in [-0.2, 0) is 6.42 Å². The first kappa shape index (κ1) is 17.5. The molecule has 0 atom stereocenters. The molecule has 2 aliphatic carbocycles. The van der Waals surface area contributed by atoms with Crippen molar-refractivity contribution in [2.75, 3.05) is 13.3 Å². The van der Waals surface area contributed by atoms with Crippen LogP contribution in [0.1, 0.15) is 46.4 Å². The molecule has 30 heavy (non-hydrogen) atoms. The molecule has 6 rings (SSSR count). The van der Waals surface area contributed by atoms with Crippen LogP contribution in [0.4, 0.5) is 0 Å². The SMILES string of the molecule is O=C(NCC1CC1)c1c2c(nc3ccccc13)/C(=C/c1ccc3c(c1)OCO3)CC2. The molecule has 3 aromatic rings. The highest BCUT2D eigenvalue weighted by Crippen LogP contribution is 2.39. The number of rotatable bonds is 4. The highest BCUT2D eigenvalue weighted by molar-refractivity contribution is 6.09. The van der Waals surface area contributed by atoms with E-state index in [1.807, 2.05) is 42.5 Å². The molecule has 1 aliphatic heterocycles. The Balaban J connectivity index is 1.43. The molecule has 1 aromatic heterocycles. The van der Waals surface area contributed by atoms with Gasteiger partial charge in [-0.2, -0.15) is 0 Å². The molecule has 2 heterocycles. The monoisotopic (exact) mass is 398 g/mol. The summed E-state index contributed by atoms with van der Waals surface area (Å²) in [7, 11) is 0. The van der Waals surface area contributed by atoms with E-state index in [0.717, 1.165) is 69.7 Å². The maximum atomic E-state index is 13.2. The van der Waals surface area contributed by atoms with E-state index in [1.54, 1.807) is 0 Å². The first-order valence-corrected chi connectivity index (χ1v) is 10.6. The van der Waals surface area contributed by atoms with E-state index in [0.29, 0.717) is 5.92 Å². The Kier molecular flexibility index (Phi) is 4.01. The van der Waals surface area contributed by atoms with Gasteiger partial charge < -0.3 is 14.8 Å². The van der Waals surface area contributed by atoms with Crippen molar-refractivity contribution < 1.29 is 14.3 Å². The number of carbonyl (C=O) groups is 1. The van der Waals surface area contributed by atoms with Crippen molar-refractivity contribution in [2.45, 2.75) is 25.7 Å². The minimum absolute atomic E-state index is 0.0288. The highest BCUT2D eigenvalue weighted by atomic mass is 16.7. The number of hydrogen-bond donors (Lipinski definition) is 1. The summed E-state index contributed by atoms with van der Waals surface area (Å²) in [6, 6.07) is 13.9. The molecule has 0 spiro atoms. The van der Waals surface area contributed by atoms with Gasteiger partial charge in [-0.25, -0.2) is 4.98 Å². The third-order valence-corrected chi connectivity index (χ3v) is 6.15. The molecular weight excluding hydrogens is 376 g/mol. The number of allylic oxidation sites excluding steroid dienone is 1. The number of benzene rings is 2. The summed E-state index contributed by atoms with van der Waals surface area (Å²) in [5.74, 6) is 2.23. The van der Waals surface area contributed by atoms with Crippen molar-refractivity contribution in [2.24, 2.45) is 5.92 Å². The van der Waals surface area contributed by atoms with Crippen molar-refractivity contribution in [1.29, 1.82) is 0 Å². The first-order valence-electron chi connectivity index (χ1n) is 10.6. The third-order valence-electron chi connectivity index (χ3n) is 6.15. The lowest BCUT2D eigenvalue weighted by molar-refractivity contribution is 0.0952. The Morgan fingerprint density at radius 3 is 2.87 bits per heavy atom. The number of ether oxygens (including phenoxy) is 2. The highest BCUT2D eigenvalue weighted by Gasteiger charge is 2.28. The van der Waals surface area contributed by atoms with Gasteiger partial charge in [-0.15, -0.1) is 0 Å². The van der Waals surface area contributed by atoms with Crippen LogP contribution in [0.2, 0.25) is 0 Å². The summed E-state index contributed by atoms with van der Waals surface area (Å²) < 4.78 is 10.9. The van der Waals surface area contributed by atoms with Gasteiger partial charge in [-0.3, -0.25) is 4.79 Å². The maximum Gasteiger partial charge on any atom is 0.252 e. The zero-order valence-electron chi connectivity index (χ0n) is 16.6. The molecule has 150 valence electrons. The average molecular weight is 398 g/mol. The lowest BCUT2D eigenvalue weighted by atomic mass is 10.00. The van der Waals surface area contributed by atoms with Crippen LogP contribution in [0, 0.1) is 5.92 Å². The zero-order chi connectivity index (χ0) is 20.1. The predicted molar refractivity (Wildman–Crippen MR) is 116 cm³/mol. The topological polar surface area (TPSA) is 60.5 Å². The summed E-state index contributed by atoms with van der Waals surface area (Å²) in [6.45, 7) is 1.04. The first-order chi connectivity index (χ1) is 14.8. The molecule has 1 fully saturated rings. The molecule has 3 aliphatic rings. The maximum absolute atomic E-state index is 13.2. The second-order valence-electron chi connectivity index (χ2n) is 8.27. The number of nitrogens with zero attached hydrogens (tertiary/aromatic N) is 1. The van der Waals surface area contributed by atoms with Gasteiger partial charge in [0.1, 0.15) is 0 Å². The van der Waals surface area contributed by atoms with Crippen LogP contribution in [0.5, 0.6) is 11.5 Å². The van der Waals surface area contributed by atoms with Crippen molar-refractivity contribution in [3.8, 4) is 11.5 Å². The molecule has 1 amide bonds. The lowest BCUT2D eigenvalue weighted by Gasteiger charge is -2.13. The molecule has 0 bridgehead atoms. The van der Waals surface area contributed by atoms with Crippen LogP contribution in [0.25, 0.3) is 22.6 Å². The number of nitrogens with one attached hydrogen (secondary N) is 1. The summed E-state index contributed by atoms with van der Waals surface area (Å²) in [5.41, 5.74) is 5.89. The van der Waals surface area contributed by atoms with Crippen LogP contribution < -0.4 is 14.8 Å². The number of aromatic nitrogens is 1. The molecule has 5 heteroatoms. The molecule has 0 unspecified atom stereocenters. The van der Waals surface area contributed by atoms with Crippen molar-refractivity contribution >= 4 is 28.5 Å². The Hall–Kier alpha value is -3.34. The van der Waals surface area contributed by atoms with Crippen molar-refractivity contribution in [3.05, 3.63) is 64.8 Å². The smallest absolute Gasteiger partial charge is 0.252 e. The van der Waals surface area contributed by atoms with Gasteiger partial charge in [0.25, 0.3) is 5.91 Å². The van der Waals surface area contributed by atoms with Gasteiger partial charge in [-0.1, -0.05) is 24.3 Å². The van der Waals surface area contributed by atoms with Gasteiger partial charge in [0, 0.05) is 11.9 Å². The fraction of sp³-hybridized carbons (Fsp3) is 0.280. The minimum Gasteiger partial charge on any atom is -0.454 e. The Morgan fingerprint density at radius 2 is 1.97 bits per heavy atom. The number of amides is 1. The predicted octanol–water partition coefficient (Wildman–Crippen LogP) is 4.59. The summed E-state index contributed by atoms with van der Waals surface area (Å²) in [5, 5.41) is 4.10. The molecule has 0 radical (unpaired) electrons. The molecule has 5 nitrogen and oxygen atoms in total. The van der Waals surface area contributed by atoms with E-state index in [1.165, 1.54) is 12.8 Å². The van der Waals surface area contributed by atoms with Gasteiger partial charge in [0.2, 0.25) is 6.79 Å². The summed E-state index contributed by atoms with van der Waals surface area (Å²) in [6.07, 6.45) is 6.29. The minimum atomic E-state index is 0.0288. The average Bonchev–Trinajstić information content (AvgIpc) is 3.35. The van der Waals surface area contributed by atoms with Crippen LogP contribution in [0.3, 0.4) is 0 Å². The standard InChI is InChI=1S/C25H22N2O3/c28-25(26-13-15-5-6-15)23-18-3-1-2-4-20(18)27-24-17(8-9-19(23)24)11-16-7-10-21-22(12-16)30-14-29-21/h1-4,7,10-12,15H,5-6,8-9,13-14H2,(H,26,28)/b17-11+. The van der Waals surface area contributed by atoms with E-state index in [4.69, 9.17) is 14.5 Å². The quantitative estimate of drug-likeness (QED) is 0.698. The fourth-order valence-electron chi connectivity index (χ4n) is 4.39. The van der Waals surface area contributed by atoms with Gasteiger partial charge in [-0.05, 0) is 72.6 Å². The van der Waals surface area contributed by atoms with Gasteiger partial charge >= 0.3 is 0 Å². The summed E-state index contributed by atoms with van der Waals surface area (Å²) in [4.78, 5) is 18.1. The van der Waals surface area contributed by atoms with E-state index in [2.05, 4.69) is 11.4 Å². The van der Waals surface area contributed by atoms with E-state index >= 15 is 0 Å². The molecule has 2 aromatic carbocycles. The van der Waals surface area contributed by atoms with Crippen molar-refractivity contribution in [3.63, 3.8) is 0 Å². The number of fused-ring (bicyclic) bond motifs is 3. The Labute approximate surface area is 174 Å². The Morgan fingerprint density at radius 1 is 1.10 bits per heavy atom. The number of para-hydroxylation sites is 1. The zero-order valence-corrected chi connectivity index (χ0v) is 16.6. The Bertz CT molecular complexity index is 1210. The third kappa shape index (κ3) is 3.02. The molecule has 1 saturated carbocycles.